The van der Waals surface area contributed by atoms with Crippen LogP contribution in [0.5, 0.6) is 0 Å². The summed E-state index contributed by atoms with van der Waals surface area (Å²) in [6.45, 7) is 4.95. The van der Waals surface area contributed by atoms with Gasteiger partial charge < -0.3 is 5.73 Å². The lowest BCUT2D eigenvalue weighted by atomic mass is 10.1. The second kappa shape index (κ2) is 13.0. The van der Waals surface area contributed by atoms with Crippen molar-refractivity contribution < 1.29 is 0 Å². The van der Waals surface area contributed by atoms with E-state index in [1.807, 2.05) is 6.21 Å². The highest BCUT2D eigenvalue weighted by Crippen LogP contribution is 2.15. The van der Waals surface area contributed by atoms with Crippen molar-refractivity contribution >= 4 is 6.21 Å². The molecule has 0 saturated heterocycles. The molecule has 3 heteroatoms. The molecule has 2 N–H and O–H groups in total. The van der Waals surface area contributed by atoms with Crippen LogP contribution in [0.2, 0.25) is 0 Å². The molecule has 0 radical (unpaired) electrons. The molecule has 1 aliphatic heterocycles. The summed E-state index contributed by atoms with van der Waals surface area (Å²) in [6, 6.07) is 0. The second-order valence-corrected chi connectivity index (χ2v) is 6.05. The third-order valence-corrected chi connectivity index (χ3v) is 4.14. The molecule has 0 aliphatic carbocycles. The SMILES string of the molecule is CCC/C=C/CCCCCCCCC1N=CCN1CCN. The fourth-order valence-electron chi connectivity index (χ4n) is 2.85. The van der Waals surface area contributed by atoms with Crippen LogP contribution in [-0.4, -0.2) is 36.9 Å². The maximum atomic E-state index is 5.63. The number of nitrogens with two attached hydrogens (primary N) is 1. The molecular weight excluding hydrogens is 258 g/mol. The standard InChI is InChI=1S/C18H35N3/c1-2-3-4-5-6-7-8-9-10-11-12-13-18-20-15-17-21(18)16-14-19/h4-5,15,18H,2-3,6-14,16-17,19H2,1H3/b5-4+. The van der Waals surface area contributed by atoms with Crippen LogP contribution in [-0.2, 0) is 0 Å². The van der Waals surface area contributed by atoms with Gasteiger partial charge in [0.05, 0.1) is 0 Å². The number of aliphatic imine (C=N–C) groups is 1. The molecule has 0 bridgehead atoms. The Bertz CT molecular complexity index is 286. The monoisotopic (exact) mass is 293 g/mol. The Morgan fingerprint density at radius 3 is 2.57 bits per heavy atom. The van der Waals surface area contributed by atoms with E-state index in [0.717, 1.165) is 19.6 Å². The second-order valence-electron chi connectivity index (χ2n) is 6.05. The van der Waals surface area contributed by atoms with Crippen molar-refractivity contribution in [3.05, 3.63) is 12.2 Å². The van der Waals surface area contributed by atoms with Crippen molar-refractivity contribution in [1.82, 2.24) is 4.90 Å². The van der Waals surface area contributed by atoms with Gasteiger partial charge in [0, 0.05) is 25.8 Å². The largest absolute Gasteiger partial charge is 0.329 e. The average molecular weight is 293 g/mol. The molecule has 0 aromatic carbocycles. The molecule has 0 fully saturated rings. The maximum Gasteiger partial charge on any atom is 0.102 e. The molecule has 0 spiro atoms. The Labute approximate surface area is 131 Å². The van der Waals surface area contributed by atoms with Gasteiger partial charge >= 0.3 is 0 Å². The zero-order chi connectivity index (χ0) is 15.2. The van der Waals surface area contributed by atoms with E-state index in [-0.39, 0.29) is 0 Å². The fourth-order valence-corrected chi connectivity index (χ4v) is 2.85. The van der Waals surface area contributed by atoms with Crippen molar-refractivity contribution in [3.8, 4) is 0 Å². The zero-order valence-corrected chi connectivity index (χ0v) is 14.0. The fraction of sp³-hybridized carbons (Fsp3) is 0.833. The van der Waals surface area contributed by atoms with Crippen LogP contribution in [0.4, 0.5) is 0 Å². The minimum atomic E-state index is 0.414. The smallest absolute Gasteiger partial charge is 0.102 e. The lowest BCUT2D eigenvalue weighted by Gasteiger charge is -2.21. The predicted octanol–water partition coefficient (Wildman–Crippen LogP) is 4.13. The molecule has 1 atom stereocenters. The van der Waals surface area contributed by atoms with Gasteiger partial charge in [-0.25, -0.2) is 0 Å². The molecule has 1 heterocycles. The first-order valence-corrected chi connectivity index (χ1v) is 8.99. The number of rotatable bonds is 13. The maximum absolute atomic E-state index is 5.63. The van der Waals surface area contributed by atoms with Gasteiger partial charge in [-0.1, -0.05) is 51.2 Å². The number of unbranched alkanes of at least 4 members (excludes halogenated alkanes) is 7. The van der Waals surface area contributed by atoms with Crippen LogP contribution in [0.15, 0.2) is 17.1 Å². The van der Waals surface area contributed by atoms with Crippen LogP contribution in [0.3, 0.4) is 0 Å². The highest BCUT2D eigenvalue weighted by atomic mass is 15.3. The van der Waals surface area contributed by atoms with E-state index in [9.17, 15) is 0 Å². The van der Waals surface area contributed by atoms with Crippen molar-refractivity contribution in [2.24, 2.45) is 10.7 Å². The van der Waals surface area contributed by atoms with Crippen LogP contribution >= 0.6 is 0 Å². The summed E-state index contributed by atoms with van der Waals surface area (Å²) >= 11 is 0. The van der Waals surface area contributed by atoms with Gasteiger partial charge in [0.15, 0.2) is 0 Å². The van der Waals surface area contributed by atoms with Gasteiger partial charge in [-0.2, -0.15) is 0 Å². The summed E-state index contributed by atoms with van der Waals surface area (Å²) < 4.78 is 0. The molecule has 1 aliphatic rings. The van der Waals surface area contributed by atoms with Crippen molar-refractivity contribution in [2.45, 2.75) is 77.3 Å². The molecular formula is C18H35N3. The van der Waals surface area contributed by atoms with E-state index in [4.69, 9.17) is 5.73 Å². The van der Waals surface area contributed by atoms with Crippen molar-refractivity contribution in [1.29, 1.82) is 0 Å². The van der Waals surface area contributed by atoms with Gasteiger partial charge in [-0.15, -0.1) is 0 Å². The summed E-state index contributed by atoms with van der Waals surface area (Å²) in [5.41, 5.74) is 5.63. The van der Waals surface area contributed by atoms with E-state index in [1.54, 1.807) is 0 Å². The topological polar surface area (TPSA) is 41.6 Å². The molecule has 0 amide bonds. The van der Waals surface area contributed by atoms with E-state index in [0.29, 0.717) is 6.17 Å². The van der Waals surface area contributed by atoms with E-state index in [2.05, 4.69) is 29.0 Å². The predicted molar refractivity (Wildman–Crippen MR) is 93.9 cm³/mol. The van der Waals surface area contributed by atoms with Gasteiger partial charge in [0.2, 0.25) is 0 Å². The third-order valence-electron chi connectivity index (χ3n) is 4.14. The van der Waals surface area contributed by atoms with E-state index in [1.165, 1.54) is 64.2 Å². The molecule has 0 aromatic rings. The Morgan fingerprint density at radius 2 is 1.81 bits per heavy atom. The number of hydrogen-bond acceptors (Lipinski definition) is 3. The van der Waals surface area contributed by atoms with Crippen molar-refractivity contribution in [3.63, 3.8) is 0 Å². The molecule has 1 rings (SSSR count). The Kier molecular flexibility index (Phi) is 11.4. The van der Waals surface area contributed by atoms with E-state index < -0.39 is 0 Å². The van der Waals surface area contributed by atoms with E-state index >= 15 is 0 Å². The minimum absolute atomic E-state index is 0.414. The number of nitrogens with zero attached hydrogens (tertiary/aromatic N) is 2. The molecule has 122 valence electrons. The van der Waals surface area contributed by atoms with Crippen LogP contribution in [0.25, 0.3) is 0 Å². The van der Waals surface area contributed by atoms with Crippen LogP contribution in [0.1, 0.15) is 71.1 Å². The van der Waals surface area contributed by atoms with Crippen molar-refractivity contribution in [2.75, 3.05) is 19.6 Å². The lowest BCUT2D eigenvalue weighted by Crippen LogP contribution is -2.34. The summed E-state index contributed by atoms with van der Waals surface area (Å²) in [5, 5.41) is 0. The highest BCUT2D eigenvalue weighted by molar-refractivity contribution is 5.62. The zero-order valence-electron chi connectivity index (χ0n) is 14.0. The molecule has 0 saturated carbocycles. The minimum Gasteiger partial charge on any atom is -0.329 e. The first-order chi connectivity index (χ1) is 10.4. The quantitative estimate of drug-likeness (QED) is 0.410. The number of hydrogen-bond donors (Lipinski definition) is 1. The highest BCUT2D eigenvalue weighted by Gasteiger charge is 2.18. The summed E-state index contributed by atoms with van der Waals surface area (Å²) in [6.07, 6.45) is 20.3. The number of allylic oxidation sites excluding steroid dienone is 2. The van der Waals surface area contributed by atoms with Gasteiger partial charge in [0.1, 0.15) is 6.17 Å². The Hall–Kier alpha value is -0.670. The normalized spacial score (nSPS) is 19.0. The third kappa shape index (κ3) is 9.05. The Balaban J connectivity index is 1.87. The molecule has 0 aromatic heterocycles. The van der Waals surface area contributed by atoms with Crippen LogP contribution < -0.4 is 5.73 Å². The summed E-state index contributed by atoms with van der Waals surface area (Å²) in [7, 11) is 0. The van der Waals surface area contributed by atoms with Gasteiger partial charge in [-0.3, -0.25) is 9.89 Å². The first-order valence-electron chi connectivity index (χ1n) is 8.99. The summed E-state index contributed by atoms with van der Waals surface area (Å²) in [5.74, 6) is 0. The van der Waals surface area contributed by atoms with Crippen LogP contribution in [0, 0.1) is 0 Å². The molecule has 1 unspecified atom stereocenters. The first kappa shape index (κ1) is 18.4. The van der Waals surface area contributed by atoms with Gasteiger partial charge in [-0.05, 0) is 32.1 Å². The lowest BCUT2D eigenvalue weighted by molar-refractivity contribution is 0.241. The molecule has 21 heavy (non-hydrogen) atoms. The average Bonchev–Trinajstić information content (AvgIpc) is 2.92. The van der Waals surface area contributed by atoms with Gasteiger partial charge in [0.25, 0.3) is 0 Å². The summed E-state index contributed by atoms with van der Waals surface area (Å²) in [4.78, 5) is 6.95. The molecule has 3 nitrogen and oxygen atoms in total. The Morgan fingerprint density at radius 1 is 1.10 bits per heavy atom.